The number of ether oxygens (including phenoxy) is 1. The van der Waals surface area contributed by atoms with Crippen LogP contribution >= 0.6 is 0 Å². The van der Waals surface area contributed by atoms with Gasteiger partial charge in [-0.05, 0) is 25.0 Å². The summed E-state index contributed by atoms with van der Waals surface area (Å²) in [5.74, 6) is -0.705. The van der Waals surface area contributed by atoms with Crippen molar-refractivity contribution in [2.45, 2.75) is 51.0 Å². The maximum absolute atomic E-state index is 12.2. The molecule has 2 amide bonds. The summed E-state index contributed by atoms with van der Waals surface area (Å²) in [7, 11) is 1.32. The zero-order chi connectivity index (χ0) is 18.9. The predicted octanol–water partition coefficient (Wildman–Crippen LogP) is 2.56. The van der Waals surface area contributed by atoms with Gasteiger partial charge in [0.2, 0.25) is 5.91 Å². The van der Waals surface area contributed by atoms with Crippen molar-refractivity contribution in [2.75, 3.05) is 13.7 Å². The second-order valence-corrected chi connectivity index (χ2v) is 6.44. The second-order valence-electron chi connectivity index (χ2n) is 6.44. The molecule has 142 valence electrons. The minimum absolute atomic E-state index is 0.0774. The van der Waals surface area contributed by atoms with Gasteiger partial charge in [-0.15, -0.1) is 0 Å². The van der Waals surface area contributed by atoms with E-state index in [1.165, 1.54) is 38.5 Å². The zero-order valence-corrected chi connectivity index (χ0v) is 15.0. The first-order valence-electron chi connectivity index (χ1n) is 8.91. The lowest BCUT2D eigenvalue weighted by Gasteiger charge is -2.21. The number of nitrogens with zero attached hydrogens (tertiary/aromatic N) is 1. The van der Waals surface area contributed by atoms with Gasteiger partial charge < -0.3 is 15.4 Å². The Balaban J connectivity index is 1.88. The minimum Gasteiger partial charge on any atom is -0.490 e. The Hall–Kier alpha value is -2.64. The van der Waals surface area contributed by atoms with Crippen molar-refractivity contribution in [3.63, 3.8) is 0 Å². The molecular formula is C18H25N3O5. The van der Waals surface area contributed by atoms with Crippen LogP contribution in [0, 0.1) is 10.1 Å². The van der Waals surface area contributed by atoms with E-state index in [1.54, 1.807) is 0 Å². The minimum atomic E-state index is -0.614. The van der Waals surface area contributed by atoms with Gasteiger partial charge in [-0.2, -0.15) is 0 Å². The third-order valence-corrected chi connectivity index (χ3v) is 4.52. The Morgan fingerprint density at radius 1 is 1.19 bits per heavy atom. The molecule has 0 unspecified atom stereocenters. The molecule has 8 heteroatoms. The topological polar surface area (TPSA) is 111 Å². The van der Waals surface area contributed by atoms with Gasteiger partial charge in [-0.25, -0.2) is 0 Å². The molecule has 1 saturated carbocycles. The molecule has 0 atom stereocenters. The van der Waals surface area contributed by atoms with E-state index in [1.807, 2.05) is 0 Å². The van der Waals surface area contributed by atoms with Crippen LogP contribution in [0.5, 0.6) is 5.75 Å². The summed E-state index contributed by atoms with van der Waals surface area (Å²) in [5, 5.41) is 16.5. The van der Waals surface area contributed by atoms with Crippen molar-refractivity contribution < 1.29 is 19.2 Å². The van der Waals surface area contributed by atoms with E-state index < -0.39 is 10.8 Å². The van der Waals surface area contributed by atoms with Crippen molar-refractivity contribution in [1.29, 1.82) is 0 Å². The van der Waals surface area contributed by atoms with Gasteiger partial charge in [-0.1, -0.05) is 32.1 Å². The lowest BCUT2D eigenvalue weighted by molar-refractivity contribution is -0.385. The molecule has 1 aromatic rings. The second kappa shape index (κ2) is 9.74. The van der Waals surface area contributed by atoms with E-state index in [4.69, 9.17) is 4.74 Å². The molecule has 0 aromatic heterocycles. The Kier molecular flexibility index (Phi) is 7.37. The Morgan fingerprint density at radius 3 is 2.46 bits per heavy atom. The third kappa shape index (κ3) is 5.72. The molecule has 0 heterocycles. The van der Waals surface area contributed by atoms with E-state index in [0.29, 0.717) is 0 Å². The number of hydrogen-bond acceptors (Lipinski definition) is 5. The van der Waals surface area contributed by atoms with Gasteiger partial charge in [0.25, 0.3) is 5.91 Å². The van der Waals surface area contributed by atoms with Gasteiger partial charge in [0.1, 0.15) is 0 Å². The van der Waals surface area contributed by atoms with Crippen molar-refractivity contribution in [3.8, 4) is 5.75 Å². The fourth-order valence-electron chi connectivity index (χ4n) is 3.12. The normalized spacial score (nSPS) is 15.4. The standard InChI is InChI=1S/C18H25N3O5/c1-26-16-10-9-13(11-15(16)21(24)25)18(23)19-12-17(22)20-14-7-5-3-2-4-6-8-14/h9-11,14H,2-8,12H2,1H3,(H,19,23)(H,20,22). The number of nitro benzene ring substituents is 1. The van der Waals surface area contributed by atoms with Gasteiger partial charge in [0.05, 0.1) is 18.6 Å². The highest BCUT2D eigenvalue weighted by atomic mass is 16.6. The molecule has 0 saturated heterocycles. The van der Waals surface area contributed by atoms with Crippen LogP contribution in [0.3, 0.4) is 0 Å². The average molecular weight is 363 g/mol. The number of hydrogen-bond donors (Lipinski definition) is 2. The predicted molar refractivity (Wildman–Crippen MR) is 96.2 cm³/mol. The number of nitro groups is 1. The molecule has 0 radical (unpaired) electrons. The molecule has 1 aliphatic carbocycles. The third-order valence-electron chi connectivity index (χ3n) is 4.52. The average Bonchev–Trinajstić information content (AvgIpc) is 2.61. The van der Waals surface area contributed by atoms with E-state index in [9.17, 15) is 19.7 Å². The molecule has 8 nitrogen and oxygen atoms in total. The quantitative estimate of drug-likeness (QED) is 0.596. The molecule has 2 rings (SSSR count). The maximum Gasteiger partial charge on any atom is 0.311 e. The first-order valence-corrected chi connectivity index (χ1v) is 8.91. The molecule has 0 bridgehead atoms. The SMILES string of the molecule is COc1ccc(C(=O)NCC(=O)NC2CCCCCCC2)cc1[N+](=O)[O-]. The van der Waals surface area contributed by atoms with Crippen LogP contribution in [0.25, 0.3) is 0 Å². The van der Waals surface area contributed by atoms with Crippen LogP contribution in [-0.4, -0.2) is 36.4 Å². The van der Waals surface area contributed by atoms with Crippen LogP contribution < -0.4 is 15.4 Å². The van der Waals surface area contributed by atoms with Crippen LogP contribution in [0.4, 0.5) is 5.69 Å². The molecule has 2 N–H and O–H groups in total. The summed E-state index contributed by atoms with van der Waals surface area (Å²) in [6, 6.07) is 4.08. The summed E-state index contributed by atoms with van der Waals surface area (Å²) in [6.07, 6.45) is 7.78. The molecule has 26 heavy (non-hydrogen) atoms. The Bertz CT molecular complexity index is 654. The summed E-state index contributed by atoms with van der Waals surface area (Å²) in [6.45, 7) is -0.158. The molecule has 0 spiro atoms. The number of nitrogens with one attached hydrogen (secondary N) is 2. The summed E-state index contributed by atoms with van der Waals surface area (Å²) in [5.41, 5.74) is -0.185. The zero-order valence-electron chi connectivity index (χ0n) is 15.0. The van der Waals surface area contributed by atoms with Crippen LogP contribution in [0.1, 0.15) is 55.3 Å². The van der Waals surface area contributed by atoms with Crippen molar-refractivity contribution in [1.82, 2.24) is 10.6 Å². The summed E-state index contributed by atoms with van der Waals surface area (Å²) >= 11 is 0. The lowest BCUT2D eigenvalue weighted by Crippen LogP contribution is -2.42. The van der Waals surface area contributed by atoms with E-state index in [-0.39, 0.29) is 35.5 Å². The smallest absolute Gasteiger partial charge is 0.311 e. The maximum atomic E-state index is 12.2. The molecule has 1 aliphatic rings. The first-order chi connectivity index (χ1) is 12.5. The Morgan fingerprint density at radius 2 is 1.85 bits per heavy atom. The summed E-state index contributed by atoms with van der Waals surface area (Å²) in [4.78, 5) is 34.6. The molecule has 1 fully saturated rings. The number of rotatable bonds is 6. The number of benzene rings is 1. The van der Waals surface area contributed by atoms with Gasteiger partial charge in [-0.3, -0.25) is 19.7 Å². The van der Waals surface area contributed by atoms with Crippen LogP contribution in [-0.2, 0) is 4.79 Å². The fraction of sp³-hybridized carbons (Fsp3) is 0.556. The highest BCUT2D eigenvalue weighted by molar-refractivity contribution is 5.97. The number of carbonyl (C=O) groups is 2. The number of amides is 2. The molecule has 1 aromatic carbocycles. The number of carbonyl (C=O) groups excluding carboxylic acids is 2. The number of methoxy groups -OCH3 is 1. The first kappa shape index (κ1) is 19.7. The molecule has 0 aliphatic heterocycles. The van der Waals surface area contributed by atoms with Gasteiger partial charge in [0.15, 0.2) is 5.75 Å². The largest absolute Gasteiger partial charge is 0.490 e. The van der Waals surface area contributed by atoms with Gasteiger partial charge in [0, 0.05) is 17.7 Å². The van der Waals surface area contributed by atoms with Crippen LogP contribution in [0.2, 0.25) is 0 Å². The lowest BCUT2D eigenvalue weighted by atomic mass is 9.97. The van der Waals surface area contributed by atoms with Crippen molar-refractivity contribution in [2.24, 2.45) is 0 Å². The highest BCUT2D eigenvalue weighted by Crippen LogP contribution is 2.27. The van der Waals surface area contributed by atoms with E-state index in [0.717, 1.165) is 31.7 Å². The summed E-state index contributed by atoms with van der Waals surface area (Å²) < 4.78 is 4.91. The monoisotopic (exact) mass is 363 g/mol. The van der Waals surface area contributed by atoms with E-state index in [2.05, 4.69) is 10.6 Å². The highest BCUT2D eigenvalue weighted by Gasteiger charge is 2.19. The van der Waals surface area contributed by atoms with E-state index >= 15 is 0 Å². The van der Waals surface area contributed by atoms with Crippen molar-refractivity contribution in [3.05, 3.63) is 33.9 Å². The Labute approximate surface area is 152 Å². The van der Waals surface area contributed by atoms with Crippen LogP contribution in [0.15, 0.2) is 18.2 Å². The van der Waals surface area contributed by atoms with Crippen molar-refractivity contribution >= 4 is 17.5 Å². The molecular weight excluding hydrogens is 338 g/mol. The fourth-order valence-corrected chi connectivity index (χ4v) is 3.12. The van der Waals surface area contributed by atoms with Gasteiger partial charge >= 0.3 is 5.69 Å².